The van der Waals surface area contributed by atoms with E-state index in [1.165, 1.54) is 27.2 Å². The summed E-state index contributed by atoms with van der Waals surface area (Å²) in [5.74, 6) is 0. The second kappa shape index (κ2) is 4.94. The van der Waals surface area contributed by atoms with Gasteiger partial charge in [0, 0.05) is 47.1 Å². The van der Waals surface area contributed by atoms with Crippen molar-refractivity contribution in [3.05, 3.63) is 72.7 Å². The second-order valence-corrected chi connectivity index (χ2v) is 5.19. The summed E-state index contributed by atoms with van der Waals surface area (Å²) < 4.78 is 0. The fourth-order valence-corrected chi connectivity index (χ4v) is 2.61. The predicted molar refractivity (Wildman–Crippen MR) is 87.4 cm³/mol. The predicted octanol–water partition coefficient (Wildman–Crippen LogP) is 4.33. The lowest BCUT2D eigenvalue weighted by Crippen LogP contribution is -1.99. The molecule has 0 saturated heterocycles. The standard InChI is InChI=1S/C18H15N3/c1-2-16-12-19-7-5-14(16)9-13(1)11-21-17-3-4-18-15(10-17)6-8-20-18/h1-10,12,20-21H,11H2. The first kappa shape index (κ1) is 12.0. The number of aromatic nitrogens is 2. The molecule has 4 rings (SSSR count). The highest BCUT2D eigenvalue weighted by molar-refractivity contribution is 5.83. The maximum absolute atomic E-state index is 4.14. The maximum Gasteiger partial charge on any atom is 0.0455 e. The van der Waals surface area contributed by atoms with E-state index in [0.29, 0.717) is 0 Å². The number of anilines is 1. The maximum atomic E-state index is 4.14. The van der Waals surface area contributed by atoms with Gasteiger partial charge in [-0.15, -0.1) is 0 Å². The molecule has 0 atom stereocenters. The molecule has 0 radical (unpaired) electrons. The summed E-state index contributed by atoms with van der Waals surface area (Å²) in [5.41, 5.74) is 3.57. The molecule has 0 fully saturated rings. The molecule has 3 heteroatoms. The molecule has 0 saturated carbocycles. The normalized spacial score (nSPS) is 11.0. The topological polar surface area (TPSA) is 40.7 Å². The van der Waals surface area contributed by atoms with Crippen LogP contribution in [0.4, 0.5) is 5.69 Å². The lowest BCUT2D eigenvalue weighted by Gasteiger charge is -2.08. The van der Waals surface area contributed by atoms with Crippen LogP contribution in [0, 0.1) is 0 Å². The summed E-state index contributed by atoms with van der Waals surface area (Å²) >= 11 is 0. The monoisotopic (exact) mass is 273 g/mol. The van der Waals surface area contributed by atoms with Gasteiger partial charge in [0.15, 0.2) is 0 Å². The van der Waals surface area contributed by atoms with Gasteiger partial charge in [0.25, 0.3) is 0 Å². The molecule has 102 valence electrons. The first-order chi connectivity index (χ1) is 10.4. The van der Waals surface area contributed by atoms with Crippen molar-refractivity contribution in [3.63, 3.8) is 0 Å². The number of nitrogens with zero attached hydrogens (tertiary/aromatic N) is 1. The number of fused-ring (bicyclic) bond motifs is 2. The van der Waals surface area contributed by atoms with Crippen molar-refractivity contribution < 1.29 is 0 Å². The number of hydrogen-bond donors (Lipinski definition) is 2. The van der Waals surface area contributed by atoms with Gasteiger partial charge in [-0.2, -0.15) is 0 Å². The zero-order valence-corrected chi connectivity index (χ0v) is 11.5. The molecule has 0 spiro atoms. The first-order valence-corrected chi connectivity index (χ1v) is 7.02. The molecule has 0 aliphatic rings. The molecule has 2 aromatic carbocycles. The van der Waals surface area contributed by atoms with Gasteiger partial charge < -0.3 is 10.3 Å². The van der Waals surface area contributed by atoms with Gasteiger partial charge in [-0.05, 0) is 47.3 Å². The minimum absolute atomic E-state index is 0.814. The lowest BCUT2D eigenvalue weighted by atomic mass is 10.1. The molecule has 2 heterocycles. The number of benzene rings is 2. The van der Waals surface area contributed by atoms with Crippen LogP contribution in [-0.2, 0) is 6.54 Å². The quantitative estimate of drug-likeness (QED) is 0.583. The van der Waals surface area contributed by atoms with Crippen molar-refractivity contribution in [1.29, 1.82) is 0 Å². The molecule has 0 aliphatic heterocycles. The van der Waals surface area contributed by atoms with Gasteiger partial charge in [0.2, 0.25) is 0 Å². The van der Waals surface area contributed by atoms with E-state index < -0.39 is 0 Å². The third-order valence-electron chi connectivity index (χ3n) is 3.75. The van der Waals surface area contributed by atoms with Crippen LogP contribution in [0.1, 0.15) is 5.56 Å². The van der Waals surface area contributed by atoms with Crippen LogP contribution >= 0.6 is 0 Å². The van der Waals surface area contributed by atoms with Gasteiger partial charge in [-0.3, -0.25) is 4.98 Å². The van der Waals surface area contributed by atoms with Gasteiger partial charge in [-0.1, -0.05) is 12.1 Å². The van der Waals surface area contributed by atoms with Crippen molar-refractivity contribution in [2.75, 3.05) is 5.32 Å². The summed E-state index contributed by atoms with van der Waals surface area (Å²) in [6.45, 7) is 0.814. The first-order valence-electron chi connectivity index (χ1n) is 7.02. The van der Waals surface area contributed by atoms with Crippen molar-refractivity contribution in [2.24, 2.45) is 0 Å². The van der Waals surface area contributed by atoms with Crippen LogP contribution in [0.2, 0.25) is 0 Å². The van der Waals surface area contributed by atoms with Crippen molar-refractivity contribution in [3.8, 4) is 0 Å². The highest BCUT2D eigenvalue weighted by Gasteiger charge is 1.99. The molecule has 0 bridgehead atoms. The number of hydrogen-bond acceptors (Lipinski definition) is 2. The molecule has 0 unspecified atom stereocenters. The Labute approximate surface area is 122 Å². The number of H-pyrrole nitrogens is 1. The summed E-state index contributed by atoms with van der Waals surface area (Å²) in [6, 6.07) is 17.0. The van der Waals surface area contributed by atoms with Crippen LogP contribution in [0.5, 0.6) is 0 Å². The number of rotatable bonds is 3. The lowest BCUT2D eigenvalue weighted by molar-refractivity contribution is 1.16. The molecule has 3 nitrogen and oxygen atoms in total. The fourth-order valence-electron chi connectivity index (χ4n) is 2.61. The minimum atomic E-state index is 0.814. The minimum Gasteiger partial charge on any atom is -0.381 e. The Morgan fingerprint density at radius 3 is 2.90 bits per heavy atom. The largest absolute Gasteiger partial charge is 0.381 e. The highest BCUT2D eigenvalue weighted by Crippen LogP contribution is 2.19. The Kier molecular flexibility index (Phi) is 2.82. The third kappa shape index (κ3) is 2.34. The van der Waals surface area contributed by atoms with Crippen LogP contribution in [0.15, 0.2) is 67.1 Å². The van der Waals surface area contributed by atoms with Crippen LogP contribution in [0.3, 0.4) is 0 Å². The second-order valence-electron chi connectivity index (χ2n) is 5.19. The van der Waals surface area contributed by atoms with E-state index in [2.05, 4.69) is 57.7 Å². The fraction of sp³-hybridized carbons (Fsp3) is 0.0556. The smallest absolute Gasteiger partial charge is 0.0455 e. The van der Waals surface area contributed by atoms with E-state index in [4.69, 9.17) is 0 Å². The average Bonchev–Trinajstić information content (AvgIpc) is 3.00. The molecule has 2 aromatic heterocycles. The molecule has 21 heavy (non-hydrogen) atoms. The van der Waals surface area contributed by atoms with E-state index in [1.54, 1.807) is 0 Å². The summed E-state index contributed by atoms with van der Waals surface area (Å²) in [7, 11) is 0. The number of pyridine rings is 1. The van der Waals surface area contributed by atoms with Gasteiger partial charge in [-0.25, -0.2) is 0 Å². The molecule has 4 aromatic rings. The van der Waals surface area contributed by atoms with Crippen LogP contribution in [0.25, 0.3) is 21.7 Å². The Morgan fingerprint density at radius 1 is 0.905 bits per heavy atom. The van der Waals surface area contributed by atoms with Gasteiger partial charge >= 0.3 is 0 Å². The summed E-state index contributed by atoms with van der Waals surface area (Å²) in [5, 5.41) is 7.11. The zero-order valence-electron chi connectivity index (χ0n) is 11.5. The molecule has 2 N–H and O–H groups in total. The van der Waals surface area contributed by atoms with Crippen LogP contribution in [-0.4, -0.2) is 9.97 Å². The SMILES string of the molecule is c1cc2cc(CNc3ccc4[nH]ccc4c3)ccc2cn1. The molecular formula is C18H15N3. The van der Waals surface area contributed by atoms with E-state index in [0.717, 1.165) is 12.2 Å². The molecule has 0 amide bonds. The van der Waals surface area contributed by atoms with Crippen molar-refractivity contribution in [2.45, 2.75) is 6.54 Å². The zero-order chi connectivity index (χ0) is 14.1. The Bertz CT molecular complexity index is 908. The van der Waals surface area contributed by atoms with Gasteiger partial charge in [0.05, 0.1) is 0 Å². The Hall–Kier alpha value is -2.81. The van der Waals surface area contributed by atoms with Crippen molar-refractivity contribution >= 4 is 27.4 Å². The van der Waals surface area contributed by atoms with Crippen molar-refractivity contribution in [1.82, 2.24) is 9.97 Å². The molecular weight excluding hydrogens is 258 g/mol. The van der Waals surface area contributed by atoms with E-state index in [9.17, 15) is 0 Å². The molecule has 0 aliphatic carbocycles. The highest BCUT2D eigenvalue weighted by atomic mass is 14.9. The number of nitrogens with one attached hydrogen (secondary N) is 2. The van der Waals surface area contributed by atoms with E-state index >= 15 is 0 Å². The Morgan fingerprint density at radius 2 is 1.90 bits per heavy atom. The van der Waals surface area contributed by atoms with Gasteiger partial charge in [0.1, 0.15) is 0 Å². The third-order valence-corrected chi connectivity index (χ3v) is 3.75. The average molecular weight is 273 g/mol. The Balaban J connectivity index is 1.56. The number of aromatic amines is 1. The van der Waals surface area contributed by atoms with Crippen LogP contribution < -0.4 is 5.32 Å². The summed E-state index contributed by atoms with van der Waals surface area (Å²) in [4.78, 5) is 7.35. The van der Waals surface area contributed by atoms with E-state index in [-0.39, 0.29) is 0 Å². The summed E-state index contributed by atoms with van der Waals surface area (Å²) in [6.07, 6.45) is 5.69. The van der Waals surface area contributed by atoms with E-state index in [1.807, 2.05) is 24.7 Å².